The molecule has 164 valence electrons. The maximum absolute atomic E-state index is 13.0. The topological polar surface area (TPSA) is 145 Å². The van der Waals surface area contributed by atoms with Crippen LogP contribution in [0.15, 0.2) is 46.5 Å². The average molecular weight is 458 g/mol. The van der Waals surface area contributed by atoms with Gasteiger partial charge >= 0.3 is 0 Å². The Labute approximate surface area is 175 Å². The van der Waals surface area contributed by atoms with Crippen molar-refractivity contribution in [1.29, 1.82) is 0 Å². The number of nitrogens with two attached hydrogens (primary N) is 1. The van der Waals surface area contributed by atoms with Crippen molar-refractivity contribution in [3.05, 3.63) is 36.7 Å². The fourth-order valence-electron chi connectivity index (χ4n) is 3.04. The highest BCUT2D eigenvalue weighted by Crippen LogP contribution is 2.23. The molecular weight excluding hydrogens is 434 g/mol. The number of rotatable bonds is 7. The molecule has 0 unspecified atom stereocenters. The average Bonchev–Trinajstić information content (AvgIpc) is 2.98. The zero-order valence-electron chi connectivity index (χ0n) is 16.3. The molecule has 0 radical (unpaired) electrons. The van der Waals surface area contributed by atoms with Gasteiger partial charge in [0.05, 0.1) is 11.1 Å². The normalized spacial score (nSPS) is 16.8. The van der Waals surface area contributed by atoms with Gasteiger partial charge in [-0.2, -0.15) is 13.7 Å². The first-order valence-electron chi connectivity index (χ1n) is 9.11. The number of carbonyl (C=O) groups excluding carboxylic acids is 1. The van der Waals surface area contributed by atoms with E-state index in [-0.39, 0.29) is 42.6 Å². The lowest BCUT2D eigenvalue weighted by molar-refractivity contribution is -0.119. The van der Waals surface area contributed by atoms with Gasteiger partial charge in [0, 0.05) is 39.4 Å². The lowest BCUT2D eigenvalue weighted by Crippen LogP contribution is -2.37. The fourth-order valence-corrected chi connectivity index (χ4v) is 5.97. The monoisotopic (exact) mass is 457 g/mol. The van der Waals surface area contributed by atoms with Crippen LogP contribution >= 0.6 is 0 Å². The van der Waals surface area contributed by atoms with Crippen LogP contribution in [0.5, 0.6) is 5.75 Å². The first kappa shape index (κ1) is 22.2. The van der Waals surface area contributed by atoms with Gasteiger partial charge in [-0.15, -0.1) is 0 Å². The Morgan fingerprint density at radius 3 is 2.07 bits per heavy atom. The van der Waals surface area contributed by atoms with Crippen molar-refractivity contribution < 1.29 is 26.4 Å². The molecule has 1 aliphatic heterocycles. The SMILES string of the molecule is Cn1cc(S(=O)(=O)N2CCCN(S(=O)(=O)c3ccc(OCC(N)=O)cc3)CC2)cn1. The highest BCUT2D eigenvalue weighted by molar-refractivity contribution is 7.89. The van der Waals surface area contributed by atoms with Crippen LogP contribution in [0.3, 0.4) is 0 Å². The molecule has 0 atom stereocenters. The van der Waals surface area contributed by atoms with E-state index in [4.69, 9.17) is 10.5 Å². The summed E-state index contributed by atoms with van der Waals surface area (Å²) in [5.41, 5.74) is 5.01. The third kappa shape index (κ3) is 4.80. The van der Waals surface area contributed by atoms with Gasteiger partial charge in [0.25, 0.3) is 5.91 Å². The Kier molecular flexibility index (Phi) is 6.45. The zero-order valence-corrected chi connectivity index (χ0v) is 18.0. The maximum atomic E-state index is 13.0. The third-order valence-corrected chi connectivity index (χ3v) is 8.34. The third-order valence-electron chi connectivity index (χ3n) is 4.58. The number of hydrogen-bond acceptors (Lipinski definition) is 7. The summed E-state index contributed by atoms with van der Waals surface area (Å²) in [6.45, 7) is 0.169. The molecule has 0 bridgehead atoms. The van der Waals surface area contributed by atoms with Crippen LogP contribution in [-0.4, -0.2) is 73.9 Å². The van der Waals surface area contributed by atoms with Gasteiger partial charge in [0.2, 0.25) is 20.0 Å². The van der Waals surface area contributed by atoms with Crippen LogP contribution < -0.4 is 10.5 Å². The van der Waals surface area contributed by atoms with Gasteiger partial charge in [0.1, 0.15) is 10.6 Å². The lowest BCUT2D eigenvalue weighted by Gasteiger charge is -2.21. The van der Waals surface area contributed by atoms with Gasteiger partial charge in [-0.1, -0.05) is 0 Å². The summed E-state index contributed by atoms with van der Waals surface area (Å²) >= 11 is 0. The van der Waals surface area contributed by atoms with E-state index in [1.165, 1.54) is 50.0 Å². The van der Waals surface area contributed by atoms with Crippen molar-refractivity contribution in [1.82, 2.24) is 18.4 Å². The summed E-state index contributed by atoms with van der Waals surface area (Å²) in [5, 5.41) is 3.89. The second kappa shape index (κ2) is 8.71. The van der Waals surface area contributed by atoms with Crippen LogP contribution in [0.1, 0.15) is 6.42 Å². The van der Waals surface area contributed by atoms with E-state index >= 15 is 0 Å². The summed E-state index contributed by atoms with van der Waals surface area (Å²) < 4.78 is 60.6. The Morgan fingerprint density at radius 1 is 1.00 bits per heavy atom. The molecule has 13 heteroatoms. The molecule has 2 N–H and O–H groups in total. The summed E-state index contributed by atoms with van der Waals surface area (Å²) in [7, 11) is -5.93. The molecule has 11 nitrogen and oxygen atoms in total. The molecule has 2 heterocycles. The molecule has 30 heavy (non-hydrogen) atoms. The Hall–Kier alpha value is -2.48. The molecule has 1 amide bonds. The molecule has 0 aliphatic carbocycles. The Balaban J connectivity index is 1.71. The molecule has 0 saturated carbocycles. The van der Waals surface area contributed by atoms with Crippen LogP contribution in [0.25, 0.3) is 0 Å². The van der Waals surface area contributed by atoms with Gasteiger partial charge in [-0.25, -0.2) is 16.8 Å². The van der Waals surface area contributed by atoms with Crippen LogP contribution in [-0.2, 0) is 31.9 Å². The smallest absolute Gasteiger partial charge is 0.255 e. The minimum Gasteiger partial charge on any atom is -0.484 e. The molecule has 1 aromatic carbocycles. The second-order valence-electron chi connectivity index (χ2n) is 6.74. The number of benzene rings is 1. The molecule has 0 spiro atoms. The van der Waals surface area contributed by atoms with E-state index in [2.05, 4.69) is 5.10 Å². The predicted molar refractivity (Wildman–Crippen MR) is 106 cm³/mol. The standard InChI is InChI=1S/C17H23N5O6S2/c1-20-12-16(11-19-20)30(26,27)22-8-2-7-21(9-10-22)29(24,25)15-5-3-14(4-6-15)28-13-17(18)23/h3-6,11-12H,2,7-10,13H2,1H3,(H2,18,23). The van der Waals surface area contributed by atoms with Crippen molar-refractivity contribution >= 4 is 26.0 Å². The second-order valence-corrected chi connectivity index (χ2v) is 10.6. The first-order chi connectivity index (χ1) is 14.1. The van der Waals surface area contributed by atoms with E-state index in [1.807, 2.05) is 0 Å². The van der Waals surface area contributed by atoms with E-state index in [0.29, 0.717) is 12.2 Å². The highest BCUT2D eigenvalue weighted by atomic mass is 32.2. The number of sulfonamides is 2. The fraction of sp³-hybridized carbons (Fsp3) is 0.412. The molecule has 2 aromatic rings. The van der Waals surface area contributed by atoms with Crippen LogP contribution in [0, 0.1) is 0 Å². The van der Waals surface area contributed by atoms with Gasteiger partial charge in [-0.05, 0) is 30.7 Å². The van der Waals surface area contributed by atoms with Crippen molar-refractivity contribution in [2.75, 3.05) is 32.8 Å². The number of hydrogen-bond donors (Lipinski definition) is 1. The summed E-state index contributed by atoms with van der Waals surface area (Å²) in [4.78, 5) is 10.9. The number of carbonyl (C=O) groups is 1. The molecule has 1 saturated heterocycles. The summed E-state index contributed by atoms with van der Waals surface area (Å²) in [6.07, 6.45) is 3.05. The summed E-state index contributed by atoms with van der Waals surface area (Å²) in [5.74, 6) is -0.320. The van der Waals surface area contributed by atoms with Gasteiger partial charge < -0.3 is 10.5 Å². The maximum Gasteiger partial charge on any atom is 0.255 e. The van der Waals surface area contributed by atoms with Crippen LogP contribution in [0.2, 0.25) is 0 Å². The highest BCUT2D eigenvalue weighted by Gasteiger charge is 2.32. The lowest BCUT2D eigenvalue weighted by atomic mass is 10.3. The van der Waals surface area contributed by atoms with Crippen molar-refractivity contribution in [3.63, 3.8) is 0 Å². The van der Waals surface area contributed by atoms with E-state index in [1.54, 1.807) is 7.05 Å². The number of ether oxygens (including phenoxy) is 1. The van der Waals surface area contributed by atoms with Gasteiger partial charge in [0.15, 0.2) is 6.61 Å². The van der Waals surface area contributed by atoms with Crippen molar-refractivity contribution in [3.8, 4) is 5.75 Å². The number of aryl methyl sites for hydroxylation is 1. The number of primary amides is 1. The number of aromatic nitrogens is 2. The minimum absolute atomic E-state index is 0.0295. The first-order valence-corrected chi connectivity index (χ1v) is 12.0. The minimum atomic E-state index is -3.81. The number of amides is 1. The summed E-state index contributed by atoms with van der Waals surface area (Å²) in [6, 6.07) is 5.63. The molecular formula is C17H23N5O6S2. The quantitative estimate of drug-likeness (QED) is 0.583. The largest absolute Gasteiger partial charge is 0.484 e. The predicted octanol–water partition coefficient (Wildman–Crippen LogP) is -0.630. The Morgan fingerprint density at radius 2 is 1.57 bits per heavy atom. The van der Waals surface area contributed by atoms with E-state index < -0.39 is 26.0 Å². The molecule has 1 aliphatic rings. The molecule has 3 rings (SSSR count). The van der Waals surface area contributed by atoms with Crippen molar-refractivity contribution in [2.45, 2.75) is 16.2 Å². The van der Waals surface area contributed by atoms with E-state index in [9.17, 15) is 21.6 Å². The zero-order chi connectivity index (χ0) is 21.9. The van der Waals surface area contributed by atoms with Gasteiger partial charge in [-0.3, -0.25) is 9.48 Å². The molecule has 1 fully saturated rings. The number of nitrogens with zero attached hydrogens (tertiary/aromatic N) is 4. The Bertz CT molecular complexity index is 1110. The van der Waals surface area contributed by atoms with Crippen molar-refractivity contribution in [2.24, 2.45) is 12.8 Å². The van der Waals surface area contributed by atoms with Crippen LogP contribution in [0.4, 0.5) is 0 Å². The van der Waals surface area contributed by atoms with E-state index in [0.717, 1.165) is 0 Å². The molecule has 1 aromatic heterocycles.